The van der Waals surface area contributed by atoms with E-state index < -0.39 is 65.5 Å². The summed E-state index contributed by atoms with van der Waals surface area (Å²) in [5.74, 6) is -2.68. The van der Waals surface area contributed by atoms with Crippen LogP contribution in [0.2, 0.25) is 5.02 Å². The van der Waals surface area contributed by atoms with Gasteiger partial charge in [-0.05, 0) is 92.4 Å². The van der Waals surface area contributed by atoms with Gasteiger partial charge in [0.25, 0.3) is 5.91 Å². The molecule has 4 N–H and O–H groups in total. The molecule has 0 saturated heterocycles. The molecule has 1 aliphatic rings. The van der Waals surface area contributed by atoms with E-state index in [4.69, 9.17) is 75.5 Å². The second-order valence-electron chi connectivity index (χ2n) is 14.7. The van der Waals surface area contributed by atoms with Crippen LogP contribution >= 0.6 is 69.9 Å². The molecule has 2 heterocycles. The SMILES string of the molecule is CC(C)OC(=O)c1cc(-c2nn(C)c(C(F)(F)F)c2Br)c(F)cc1Cl.CC1COc2ccccc2N1C(=O)C(Cl)Cl.CCOCN(C(=O)CCl)c1c(C)cccc1CC.O=C(O)CNCP(=O)(O)O. The zero-order valence-corrected chi connectivity index (χ0v) is 43.6. The fourth-order valence-electron chi connectivity index (χ4n) is 6.10. The summed E-state index contributed by atoms with van der Waals surface area (Å²) in [5.41, 5.74) is 1.99. The highest BCUT2D eigenvalue weighted by Gasteiger charge is 2.39. The molecule has 0 radical (unpaired) electrons. The van der Waals surface area contributed by atoms with Crippen LogP contribution in [0.3, 0.4) is 0 Å². The van der Waals surface area contributed by atoms with Crippen molar-refractivity contribution in [3.05, 3.63) is 92.3 Å². The molecule has 0 spiro atoms. The van der Waals surface area contributed by atoms with Crippen molar-refractivity contribution in [2.45, 2.75) is 71.1 Å². The average molecular weight is 1140 g/mol. The van der Waals surface area contributed by atoms with Crippen molar-refractivity contribution in [3.63, 3.8) is 0 Å². The Labute approximate surface area is 424 Å². The van der Waals surface area contributed by atoms with Gasteiger partial charge < -0.3 is 34.0 Å². The van der Waals surface area contributed by atoms with Gasteiger partial charge in [-0.1, -0.05) is 72.1 Å². The molecule has 0 saturated carbocycles. The van der Waals surface area contributed by atoms with Crippen LogP contribution < -0.4 is 19.9 Å². The number of para-hydroxylation sites is 3. The molecule has 1 unspecified atom stereocenters. The lowest BCUT2D eigenvalue weighted by Gasteiger charge is -2.35. The number of nitrogens with zero attached hydrogens (tertiary/aromatic N) is 4. The summed E-state index contributed by atoms with van der Waals surface area (Å²) in [4.78, 5) is 64.2. The van der Waals surface area contributed by atoms with Crippen molar-refractivity contribution in [2.75, 3.05) is 48.5 Å². The molecule has 4 aromatic rings. The number of nitrogens with one attached hydrogen (secondary N) is 1. The third-order valence-electron chi connectivity index (χ3n) is 9.01. The van der Waals surface area contributed by atoms with E-state index >= 15 is 0 Å². The van der Waals surface area contributed by atoms with Crippen LogP contribution in [-0.4, -0.2) is 104 Å². The number of hydrogen-bond acceptors (Lipinski definition) is 10. The molecule has 0 fully saturated rings. The molecule has 69 heavy (non-hydrogen) atoms. The lowest BCUT2D eigenvalue weighted by atomic mass is 10.0. The molecular formula is C43H51BrCl4F4N5O11P. The second kappa shape index (κ2) is 28.1. The van der Waals surface area contributed by atoms with Gasteiger partial charge in [0.05, 0.1) is 51.4 Å². The normalized spacial score (nSPS) is 13.2. The summed E-state index contributed by atoms with van der Waals surface area (Å²) < 4.78 is 79.6. The molecule has 0 aliphatic carbocycles. The summed E-state index contributed by atoms with van der Waals surface area (Å²) in [7, 11) is -3.01. The van der Waals surface area contributed by atoms with Crippen molar-refractivity contribution in [2.24, 2.45) is 7.05 Å². The molecule has 5 rings (SSSR count). The molecule has 382 valence electrons. The van der Waals surface area contributed by atoms with Crippen LogP contribution in [0.4, 0.5) is 28.9 Å². The zero-order valence-electron chi connectivity index (χ0n) is 38.1. The first kappa shape index (κ1) is 61.1. The highest BCUT2D eigenvalue weighted by molar-refractivity contribution is 9.10. The number of amides is 2. The Bertz CT molecular complexity index is 2450. The monoisotopic (exact) mass is 1140 g/mol. The Morgan fingerprint density at radius 3 is 2.25 bits per heavy atom. The van der Waals surface area contributed by atoms with Crippen molar-refractivity contribution < 1.29 is 70.4 Å². The predicted octanol–water partition coefficient (Wildman–Crippen LogP) is 9.75. The number of fused-ring (bicyclic) bond motifs is 1. The van der Waals surface area contributed by atoms with Crippen LogP contribution in [0, 0.1) is 12.7 Å². The number of alkyl halides is 6. The number of esters is 1. The minimum atomic E-state index is -4.69. The molecule has 0 bridgehead atoms. The topological polar surface area (TPSA) is 210 Å². The number of aliphatic carboxylic acids is 1. The molecule has 26 heteroatoms. The molecule has 16 nitrogen and oxygen atoms in total. The Kier molecular flexibility index (Phi) is 24.9. The highest BCUT2D eigenvalue weighted by Crippen LogP contribution is 2.41. The number of carboxylic acid groups (broad SMARTS) is 1. The number of aryl methyl sites for hydroxylation is 3. The van der Waals surface area contributed by atoms with E-state index in [1.54, 1.807) is 23.6 Å². The van der Waals surface area contributed by atoms with Gasteiger partial charge in [0.2, 0.25) is 5.91 Å². The van der Waals surface area contributed by atoms with Gasteiger partial charge in [0.1, 0.15) is 36.5 Å². The largest absolute Gasteiger partial charge is 0.489 e. The quantitative estimate of drug-likeness (QED) is 0.0305. The van der Waals surface area contributed by atoms with Gasteiger partial charge >= 0.3 is 25.7 Å². The molecule has 1 aliphatic heterocycles. The minimum absolute atomic E-state index is 0.0371. The Morgan fingerprint density at radius 1 is 1.09 bits per heavy atom. The smallest absolute Gasteiger partial charge is 0.434 e. The van der Waals surface area contributed by atoms with Crippen molar-refractivity contribution in [3.8, 4) is 17.0 Å². The molecule has 2 amide bonds. The van der Waals surface area contributed by atoms with Crippen LogP contribution in [0.1, 0.15) is 61.8 Å². The summed E-state index contributed by atoms with van der Waals surface area (Å²) in [6.07, 6.45) is -4.87. The standard InChI is InChI=1S/C15H12BrClF4N2O2.C14H20ClNO2.C11H11Cl2NO2.C3H8NO5P/c1-6(2)25-14(24)7-4-8(10(18)5-9(7)17)12-11(16)13(15(19,20)21)23(3)22-12;1-4-12-8-6-7-11(3)14(12)16(10-18-5-2)13(17)9-15;1-7-6-16-9-5-3-2-4-8(9)14(7)11(15)10(12)13;5-3(6)1-4-2-10(7,8)9/h4-6H,1-3H3;6-8H,4-5,9-10H2,1-3H3;2-5,7,10H,6H2,1H3;4H,1-2H2,(H,5,6)(H2,7,8,9). The number of carbonyl (C=O) groups excluding carboxylic acids is 3. The number of anilines is 2. The van der Waals surface area contributed by atoms with E-state index in [2.05, 4.69) is 33.3 Å². The number of hydrogen-bond donors (Lipinski definition) is 4. The van der Waals surface area contributed by atoms with Crippen molar-refractivity contribution in [1.29, 1.82) is 0 Å². The van der Waals surface area contributed by atoms with E-state index in [0.29, 0.717) is 23.6 Å². The summed E-state index contributed by atoms with van der Waals surface area (Å²) >= 11 is 25.6. The maximum absolute atomic E-state index is 14.3. The third kappa shape index (κ3) is 18.6. The number of rotatable bonds is 14. The van der Waals surface area contributed by atoms with Crippen molar-refractivity contribution >= 4 is 105 Å². The maximum atomic E-state index is 14.3. The van der Waals surface area contributed by atoms with Gasteiger partial charge in [0.15, 0.2) is 10.5 Å². The number of carboxylic acids is 1. The summed E-state index contributed by atoms with van der Waals surface area (Å²) in [6, 6.07) is 15.2. The molecule has 1 aromatic heterocycles. The van der Waals surface area contributed by atoms with Crippen LogP contribution in [0.25, 0.3) is 11.3 Å². The van der Waals surface area contributed by atoms with E-state index in [9.17, 15) is 41.3 Å². The van der Waals surface area contributed by atoms with Crippen LogP contribution in [0.15, 0.2) is 59.1 Å². The van der Waals surface area contributed by atoms with E-state index in [1.165, 1.54) is 0 Å². The maximum Gasteiger partial charge on any atom is 0.434 e. The van der Waals surface area contributed by atoms with Crippen LogP contribution in [0.5, 0.6) is 5.75 Å². The summed E-state index contributed by atoms with van der Waals surface area (Å²) in [6.45, 7) is 11.9. The average Bonchev–Trinajstić information content (AvgIpc) is 3.56. The Morgan fingerprint density at radius 2 is 1.72 bits per heavy atom. The van der Waals surface area contributed by atoms with E-state index in [0.717, 1.165) is 48.1 Å². The first-order valence-electron chi connectivity index (χ1n) is 20.4. The fourth-order valence-corrected chi connectivity index (χ4v) is 7.86. The first-order chi connectivity index (χ1) is 32.1. The predicted molar refractivity (Wildman–Crippen MR) is 259 cm³/mol. The van der Waals surface area contributed by atoms with Crippen molar-refractivity contribution in [1.82, 2.24) is 15.1 Å². The molecule has 3 aromatic carbocycles. The summed E-state index contributed by atoms with van der Waals surface area (Å²) in [5, 5.41) is 13.6. The van der Waals surface area contributed by atoms with Crippen LogP contribution in [-0.2, 0) is 48.1 Å². The molecular weight excluding hydrogens is 1090 g/mol. The fraction of sp³-hybridized carbons (Fsp3) is 0.419. The van der Waals surface area contributed by atoms with E-state index in [1.807, 2.05) is 63.2 Å². The third-order valence-corrected chi connectivity index (χ3v) is 11.3. The lowest BCUT2D eigenvalue weighted by molar-refractivity contribution is -0.144. The van der Waals surface area contributed by atoms with Gasteiger partial charge in [-0.3, -0.25) is 33.8 Å². The highest BCUT2D eigenvalue weighted by atomic mass is 79.9. The minimum Gasteiger partial charge on any atom is -0.489 e. The Hall–Kier alpha value is -4.02. The van der Waals surface area contributed by atoms with Gasteiger partial charge in [-0.25, -0.2) is 9.18 Å². The number of aromatic nitrogens is 2. The van der Waals surface area contributed by atoms with Gasteiger partial charge in [-0.15, -0.1) is 11.6 Å². The number of carbonyl (C=O) groups is 4. The number of halogens is 9. The number of benzene rings is 3. The van der Waals surface area contributed by atoms with Gasteiger partial charge in [0, 0.05) is 19.2 Å². The lowest BCUT2D eigenvalue weighted by Crippen LogP contribution is -2.47. The number of ether oxygens (including phenoxy) is 3. The molecule has 1 atom stereocenters. The van der Waals surface area contributed by atoms with E-state index in [-0.39, 0.29) is 52.3 Å². The zero-order chi connectivity index (χ0) is 52.6. The first-order valence-corrected chi connectivity index (χ1v) is 24.8. The van der Waals surface area contributed by atoms with Gasteiger partial charge in [-0.2, -0.15) is 18.3 Å². The second-order valence-corrected chi connectivity index (χ2v) is 18.9. The Balaban J connectivity index is 0.000000331.